The summed E-state index contributed by atoms with van der Waals surface area (Å²) in [5, 5.41) is 5.73. The average molecular weight is 600 g/mol. The third kappa shape index (κ3) is 5.68. The maximum Gasteiger partial charge on any atom is 0.260 e. The molecule has 212 valence electrons. The topological polar surface area (TPSA) is 88.4 Å². The normalized spacial score (nSPS) is 16.5. The summed E-state index contributed by atoms with van der Waals surface area (Å²) in [7, 11) is -3.64. The van der Waals surface area contributed by atoms with Gasteiger partial charge in [-0.05, 0) is 88.1 Å². The second-order valence-corrected chi connectivity index (χ2v) is 13.7. The maximum atomic E-state index is 13.9. The lowest BCUT2D eigenvalue weighted by atomic mass is 10.0. The van der Waals surface area contributed by atoms with E-state index >= 15 is 0 Å². The van der Waals surface area contributed by atoms with E-state index in [0.717, 1.165) is 52.9 Å². The molecule has 0 bridgehead atoms. The van der Waals surface area contributed by atoms with Gasteiger partial charge in [0, 0.05) is 35.4 Å². The van der Waals surface area contributed by atoms with Gasteiger partial charge in [0.05, 0.1) is 27.4 Å². The standard InChI is InChI=1S/C29H34ClN5O3S2/c1-5-24-8-6-7-13-35(24)40(37,38)25-11-9-22(10-12-25)28(36)33(14-15-34-21(4)17-20(3)32-34)29-31-27-19(2)16-23(30)18-26(27)39-29/h9-12,16-18,24H,5-8,13-15H2,1-4H3. The number of rotatable bonds is 8. The van der Waals surface area contributed by atoms with Gasteiger partial charge in [0.1, 0.15) is 0 Å². The van der Waals surface area contributed by atoms with Crippen LogP contribution in [0.5, 0.6) is 0 Å². The number of nitrogens with zero attached hydrogens (tertiary/aromatic N) is 5. The fourth-order valence-corrected chi connectivity index (χ4v) is 8.61. The van der Waals surface area contributed by atoms with Gasteiger partial charge in [0.25, 0.3) is 5.91 Å². The first-order valence-corrected chi connectivity index (χ1v) is 16.2. The van der Waals surface area contributed by atoms with Crippen molar-refractivity contribution < 1.29 is 13.2 Å². The van der Waals surface area contributed by atoms with Crippen LogP contribution < -0.4 is 4.90 Å². The third-order valence-electron chi connectivity index (χ3n) is 7.51. The zero-order valence-electron chi connectivity index (χ0n) is 23.2. The molecule has 0 saturated carbocycles. The van der Waals surface area contributed by atoms with Crippen LogP contribution in [-0.4, -0.2) is 52.5 Å². The lowest BCUT2D eigenvalue weighted by Gasteiger charge is -2.34. The Morgan fingerprint density at radius 2 is 1.88 bits per heavy atom. The first kappa shape index (κ1) is 28.7. The van der Waals surface area contributed by atoms with Crippen LogP contribution in [-0.2, 0) is 16.6 Å². The largest absolute Gasteiger partial charge is 0.282 e. The number of hydrogen-bond donors (Lipinski definition) is 0. The van der Waals surface area contributed by atoms with Gasteiger partial charge in [-0.25, -0.2) is 13.4 Å². The Hall–Kier alpha value is -2.79. The van der Waals surface area contributed by atoms with Gasteiger partial charge in [0.15, 0.2) is 5.13 Å². The van der Waals surface area contributed by atoms with Crippen molar-refractivity contribution in [3.8, 4) is 0 Å². The van der Waals surface area contributed by atoms with Crippen LogP contribution in [0.25, 0.3) is 10.2 Å². The molecule has 1 fully saturated rings. The summed E-state index contributed by atoms with van der Waals surface area (Å²) in [6.45, 7) is 9.26. The van der Waals surface area contributed by atoms with Gasteiger partial charge >= 0.3 is 0 Å². The minimum absolute atomic E-state index is 0.0148. The van der Waals surface area contributed by atoms with E-state index in [1.54, 1.807) is 33.5 Å². The Bertz CT molecular complexity index is 1650. The smallest absolute Gasteiger partial charge is 0.260 e. The Labute approximate surface area is 244 Å². The van der Waals surface area contributed by atoms with Crippen LogP contribution in [0.4, 0.5) is 5.13 Å². The number of benzene rings is 2. The van der Waals surface area contributed by atoms with Crippen molar-refractivity contribution >= 4 is 54.2 Å². The second-order valence-electron chi connectivity index (χ2n) is 10.4. The van der Waals surface area contributed by atoms with Crippen molar-refractivity contribution in [2.75, 3.05) is 18.0 Å². The number of piperidine rings is 1. The second kappa shape index (κ2) is 11.6. The van der Waals surface area contributed by atoms with E-state index in [1.807, 2.05) is 50.6 Å². The van der Waals surface area contributed by atoms with Gasteiger partial charge in [-0.1, -0.05) is 36.3 Å². The molecule has 1 saturated heterocycles. The van der Waals surface area contributed by atoms with Crippen LogP contribution in [0, 0.1) is 20.8 Å². The number of anilines is 1. The molecule has 0 spiro atoms. The first-order chi connectivity index (χ1) is 19.1. The van der Waals surface area contributed by atoms with Crippen molar-refractivity contribution in [2.24, 2.45) is 0 Å². The molecular weight excluding hydrogens is 566 g/mol. The molecule has 0 aliphatic carbocycles. The molecule has 8 nitrogen and oxygen atoms in total. The molecular formula is C29H34ClN5O3S2. The predicted molar refractivity (Wildman–Crippen MR) is 161 cm³/mol. The number of carbonyl (C=O) groups is 1. The number of sulfonamides is 1. The molecule has 1 aliphatic heterocycles. The highest BCUT2D eigenvalue weighted by molar-refractivity contribution is 7.89. The predicted octanol–water partition coefficient (Wildman–Crippen LogP) is 6.37. The van der Waals surface area contributed by atoms with Crippen LogP contribution >= 0.6 is 22.9 Å². The van der Waals surface area contributed by atoms with Gasteiger partial charge in [-0.15, -0.1) is 0 Å². The van der Waals surface area contributed by atoms with Crippen molar-refractivity contribution in [3.05, 3.63) is 70.0 Å². The van der Waals surface area contributed by atoms with E-state index in [2.05, 4.69) is 5.10 Å². The molecule has 0 N–H and O–H groups in total. The molecule has 2 aromatic heterocycles. The number of hydrogen-bond acceptors (Lipinski definition) is 6. The summed E-state index contributed by atoms with van der Waals surface area (Å²) in [6.07, 6.45) is 3.57. The van der Waals surface area contributed by atoms with Crippen molar-refractivity contribution in [1.29, 1.82) is 0 Å². The van der Waals surface area contributed by atoms with E-state index < -0.39 is 10.0 Å². The summed E-state index contributed by atoms with van der Waals surface area (Å²) in [5.74, 6) is -0.252. The minimum atomic E-state index is -3.64. The van der Waals surface area contributed by atoms with Gasteiger partial charge in [-0.2, -0.15) is 9.40 Å². The summed E-state index contributed by atoms with van der Waals surface area (Å²) >= 11 is 7.70. The zero-order chi connectivity index (χ0) is 28.6. The van der Waals surface area contributed by atoms with Gasteiger partial charge in [-0.3, -0.25) is 14.4 Å². The molecule has 11 heteroatoms. The maximum absolute atomic E-state index is 13.9. The first-order valence-electron chi connectivity index (χ1n) is 13.6. The number of halogens is 1. The SMILES string of the molecule is CCC1CCCCN1S(=O)(=O)c1ccc(C(=O)N(CCn2nc(C)cc2C)c2nc3c(C)cc(Cl)cc3s2)cc1. The highest BCUT2D eigenvalue weighted by Crippen LogP contribution is 2.34. The third-order valence-corrected chi connectivity index (χ3v) is 10.7. The van der Waals surface area contributed by atoms with E-state index in [-0.39, 0.29) is 16.8 Å². The lowest BCUT2D eigenvalue weighted by Crippen LogP contribution is -2.43. The number of aryl methyl sites for hydroxylation is 3. The Balaban J connectivity index is 1.46. The van der Waals surface area contributed by atoms with Crippen molar-refractivity contribution in [2.45, 2.75) is 70.9 Å². The quantitative estimate of drug-likeness (QED) is 0.235. The molecule has 4 aromatic rings. The molecule has 3 heterocycles. The van der Waals surface area contributed by atoms with Gasteiger partial charge in [0.2, 0.25) is 10.0 Å². The zero-order valence-corrected chi connectivity index (χ0v) is 25.6. The van der Waals surface area contributed by atoms with Crippen LogP contribution in [0.3, 0.4) is 0 Å². The summed E-state index contributed by atoms with van der Waals surface area (Å²) in [4.78, 5) is 20.6. The van der Waals surface area contributed by atoms with E-state index in [0.29, 0.717) is 35.4 Å². The van der Waals surface area contributed by atoms with E-state index in [9.17, 15) is 13.2 Å². The molecule has 0 radical (unpaired) electrons. The van der Waals surface area contributed by atoms with Crippen molar-refractivity contribution in [3.63, 3.8) is 0 Å². The Morgan fingerprint density at radius 1 is 1.12 bits per heavy atom. The highest BCUT2D eigenvalue weighted by atomic mass is 35.5. The summed E-state index contributed by atoms with van der Waals surface area (Å²) < 4.78 is 31.3. The monoisotopic (exact) mass is 599 g/mol. The average Bonchev–Trinajstić information content (AvgIpc) is 3.50. The van der Waals surface area contributed by atoms with Gasteiger partial charge < -0.3 is 0 Å². The number of thiazole rings is 1. The number of fused-ring (bicyclic) bond motifs is 1. The fraction of sp³-hybridized carbons (Fsp3) is 0.414. The highest BCUT2D eigenvalue weighted by Gasteiger charge is 2.32. The molecule has 1 aliphatic rings. The summed E-state index contributed by atoms with van der Waals surface area (Å²) in [5.41, 5.74) is 4.06. The lowest BCUT2D eigenvalue weighted by molar-refractivity contribution is 0.0985. The minimum Gasteiger partial charge on any atom is -0.282 e. The molecule has 1 unspecified atom stereocenters. The van der Waals surface area contributed by atoms with E-state index in [4.69, 9.17) is 16.6 Å². The number of aromatic nitrogens is 3. The number of carbonyl (C=O) groups excluding carboxylic acids is 1. The fourth-order valence-electron chi connectivity index (χ4n) is 5.40. The van der Waals surface area contributed by atoms with Crippen LogP contribution in [0.2, 0.25) is 5.02 Å². The van der Waals surface area contributed by atoms with Crippen LogP contribution in [0.1, 0.15) is 59.9 Å². The Kier molecular flexibility index (Phi) is 8.33. The molecule has 1 amide bonds. The molecule has 40 heavy (non-hydrogen) atoms. The molecule has 5 rings (SSSR count). The van der Waals surface area contributed by atoms with Crippen LogP contribution in [0.15, 0.2) is 47.4 Å². The number of amides is 1. The van der Waals surface area contributed by atoms with Crippen molar-refractivity contribution in [1.82, 2.24) is 19.1 Å². The van der Waals surface area contributed by atoms with E-state index in [1.165, 1.54) is 11.3 Å². The molecule has 2 aromatic carbocycles. The Morgan fingerprint density at radius 3 is 2.55 bits per heavy atom. The molecule has 1 atom stereocenters. The summed E-state index contributed by atoms with van der Waals surface area (Å²) in [6, 6.07) is 12.0.